The second-order valence-electron chi connectivity index (χ2n) is 7.51. The van der Waals surface area contributed by atoms with Crippen LogP contribution in [0.15, 0.2) is 36.5 Å². The Morgan fingerprint density at radius 3 is 2.44 bits per heavy atom. The molecule has 1 aliphatic carbocycles. The third kappa shape index (κ3) is 2.85. The van der Waals surface area contributed by atoms with Crippen LogP contribution in [0.5, 0.6) is 0 Å². The maximum absolute atomic E-state index is 5.49. The lowest BCUT2D eigenvalue weighted by molar-refractivity contribution is 0.0105. The van der Waals surface area contributed by atoms with Crippen molar-refractivity contribution in [2.45, 2.75) is 31.2 Å². The Kier molecular flexibility index (Phi) is 3.98. The topological polar surface area (TPSA) is 33.5 Å². The summed E-state index contributed by atoms with van der Waals surface area (Å²) in [6.45, 7) is 6.18. The minimum atomic E-state index is 0.655. The van der Waals surface area contributed by atoms with Crippen molar-refractivity contribution in [1.29, 1.82) is 0 Å². The molecular weight excluding hydrogens is 312 g/mol. The molecule has 0 amide bonds. The van der Waals surface area contributed by atoms with Crippen LogP contribution in [-0.2, 0) is 4.74 Å². The predicted octanol–water partition coefficient (Wildman–Crippen LogP) is 2.66. The first-order valence-electron chi connectivity index (χ1n) is 9.60. The number of para-hydroxylation sites is 1. The first-order chi connectivity index (χ1) is 12.4. The van der Waals surface area contributed by atoms with Gasteiger partial charge in [-0.25, -0.2) is 4.68 Å². The van der Waals surface area contributed by atoms with Gasteiger partial charge in [-0.05, 0) is 25.0 Å². The van der Waals surface area contributed by atoms with E-state index in [1.807, 2.05) is 0 Å². The number of morpholine rings is 1. The molecule has 1 aromatic carbocycles. The fourth-order valence-corrected chi connectivity index (χ4v) is 4.13. The SMILES string of the molecule is c1ccc(-n2cc(N3CC(N4CCOCC4)C3)c(C3CCC3)n2)cc1. The number of hydrogen-bond acceptors (Lipinski definition) is 4. The molecule has 0 N–H and O–H groups in total. The van der Waals surface area contributed by atoms with Gasteiger partial charge in [-0.1, -0.05) is 24.6 Å². The number of anilines is 1. The Balaban J connectivity index is 1.36. The zero-order valence-electron chi connectivity index (χ0n) is 14.7. The van der Waals surface area contributed by atoms with Gasteiger partial charge in [0.05, 0.1) is 36.5 Å². The summed E-state index contributed by atoms with van der Waals surface area (Å²) in [6.07, 6.45) is 6.18. The van der Waals surface area contributed by atoms with Crippen molar-refractivity contribution in [3.05, 3.63) is 42.2 Å². The van der Waals surface area contributed by atoms with E-state index in [1.165, 1.54) is 30.6 Å². The Labute approximate surface area is 149 Å². The van der Waals surface area contributed by atoms with E-state index in [2.05, 4.69) is 51.0 Å². The van der Waals surface area contributed by atoms with Crippen molar-refractivity contribution >= 4 is 5.69 Å². The van der Waals surface area contributed by atoms with Crippen LogP contribution in [0.1, 0.15) is 30.9 Å². The van der Waals surface area contributed by atoms with Crippen LogP contribution in [0.4, 0.5) is 5.69 Å². The van der Waals surface area contributed by atoms with Crippen LogP contribution in [-0.4, -0.2) is 60.1 Å². The van der Waals surface area contributed by atoms with Gasteiger partial charge in [0.15, 0.2) is 0 Å². The minimum absolute atomic E-state index is 0.655. The molecule has 0 unspecified atom stereocenters. The summed E-state index contributed by atoms with van der Waals surface area (Å²) in [5, 5.41) is 4.98. The Hall–Kier alpha value is -1.85. The highest BCUT2D eigenvalue weighted by atomic mass is 16.5. The molecule has 0 spiro atoms. The van der Waals surface area contributed by atoms with Crippen molar-refractivity contribution in [3.8, 4) is 5.69 Å². The molecule has 25 heavy (non-hydrogen) atoms. The van der Waals surface area contributed by atoms with Crippen LogP contribution in [0.2, 0.25) is 0 Å². The molecule has 5 heteroatoms. The van der Waals surface area contributed by atoms with E-state index in [4.69, 9.17) is 9.84 Å². The molecule has 3 heterocycles. The first-order valence-corrected chi connectivity index (χ1v) is 9.60. The number of aromatic nitrogens is 2. The number of rotatable bonds is 4. The molecule has 3 aliphatic rings. The van der Waals surface area contributed by atoms with Gasteiger partial charge in [0.2, 0.25) is 0 Å². The highest BCUT2D eigenvalue weighted by molar-refractivity contribution is 5.55. The van der Waals surface area contributed by atoms with E-state index < -0.39 is 0 Å². The molecule has 1 aromatic heterocycles. The van der Waals surface area contributed by atoms with Gasteiger partial charge >= 0.3 is 0 Å². The van der Waals surface area contributed by atoms with Crippen LogP contribution >= 0.6 is 0 Å². The van der Waals surface area contributed by atoms with Gasteiger partial charge in [-0.15, -0.1) is 0 Å². The Morgan fingerprint density at radius 1 is 1.00 bits per heavy atom. The van der Waals surface area contributed by atoms with Crippen molar-refractivity contribution < 1.29 is 4.74 Å². The molecule has 5 rings (SSSR count). The predicted molar refractivity (Wildman–Crippen MR) is 98.5 cm³/mol. The molecule has 0 bridgehead atoms. The average molecular weight is 338 g/mol. The normalized spacial score (nSPS) is 22.6. The van der Waals surface area contributed by atoms with E-state index in [-0.39, 0.29) is 0 Å². The highest BCUT2D eigenvalue weighted by Crippen LogP contribution is 2.41. The second-order valence-corrected chi connectivity index (χ2v) is 7.51. The minimum Gasteiger partial charge on any atom is -0.379 e. The van der Waals surface area contributed by atoms with Gasteiger partial charge in [0, 0.05) is 38.1 Å². The van der Waals surface area contributed by atoms with Gasteiger partial charge in [0.25, 0.3) is 0 Å². The van der Waals surface area contributed by atoms with E-state index in [0.717, 1.165) is 45.1 Å². The quantitative estimate of drug-likeness (QED) is 0.858. The van der Waals surface area contributed by atoms with Crippen LogP contribution in [0.25, 0.3) is 5.69 Å². The average Bonchev–Trinajstić information content (AvgIpc) is 2.98. The molecule has 2 aliphatic heterocycles. The molecule has 2 saturated heterocycles. The van der Waals surface area contributed by atoms with E-state index in [9.17, 15) is 0 Å². The van der Waals surface area contributed by atoms with E-state index >= 15 is 0 Å². The third-order valence-corrected chi connectivity index (χ3v) is 6.00. The largest absolute Gasteiger partial charge is 0.379 e. The van der Waals surface area contributed by atoms with Crippen molar-refractivity contribution in [2.75, 3.05) is 44.3 Å². The summed E-state index contributed by atoms with van der Waals surface area (Å²) < 4.78 is 7.56. The maximum atomic E-state index is 5.49. The number of hydrogen-bond donors (Lipinski definition) is 0. The van der Waals surface area contributed by atoms with E-state index in [0.29, 0.717) is 12.0 Å². The standard InChI is InChI=1S/C20H26N4O/c1-2-7-17(8-3-1)24-15-19(20(21-24)16-5-4-6-16)23-13-18(14-23)22-9-11-25-12-10-22/h1-3,7-8,15-16,18H,4-6,9-14H2. The monoisotopic (exact) mass is 338 g/mol. The first kappa shape index (κ1) is 15.4. The summed E-state index contributed by atoms with van der Waals surface area (Å²) >= 11 is 0. The van der Waals surface area contributed by atoms with Gasteiger partial charge in [-0.3, -0.25) is 4.90 Å². The third-order valence-electron chi connectivity index (χ3n) is 6.00. The smallest absolute Gasteiger partial charge is 0.0893 e. The van der Waals surface area contributed by atoms with Crippen LogP contribution < -0.4 is 4.90 Å². The molecule has 2 aromatic rings. The Morgan fingerprint density at radius 2 is 1.76 bits per heavy atom. The molecular formula is C20H26N4O. The van der Waals surface area contributed by atoms with Crippen molar-refractivity contribution in [1.82, 2.24) is 14.7 Å². The number of benzene rings is 1. The van der Waals surface area contributed by atoms with Crippen LogP contribution in [0.3, 0.4) is 0 Å². The molecule has 0 radical (unpaired) electrons. The van der Waals surface area contributed by atoms with Gasteiger partial charge in [-0.2, -0.15) is 5.10 Å². The highest BCUT2D eigenvalue weighted by Gasteiger charge is 2.36. The maximum Gasteiger partial charge on any atom is 0.0893 e. The van der Waals surface area contributed by atoms with Crippen molar-refractivity contribution in [2.24, 2.45) is 0 Å². The lowest BCUT2D eigenvalue weighted by atomic mass is 9.82. The van der Waals surface area contributed by atoms with Crippen molar-refractivity contribution in [3.63, 3.8) is 0 Å². The lowest BCUT2D eigenvalue weighted by Crippen LogP contribution is -2.61. The molecule has 5 nitrogen and oxygen atoms in total. The number of ether oxygens (including phenoxy) is 1. The zero-order valence-corrected chi connectivity index (χ0v) is 14.7. The van der Waals surface area contributed by atoms with Gasteiger partial charge < -0.3 is 9.64 Å². The number of nitrogens with zero attached hydrogens (tertiary/aromatic N) is 4. The summed E-state index contributed by atoms with van der Waals surface area (Å²) in [4.78, 5) is 5.12. The van der Waals surface area contributed by atoms with Crippen LogP contribution in [0, 0.1) is 0 Å². The summed E-state index contributed by atoms with van der Waals surface area (Å²) in [7, 11) is 0. The summed E-state index contributed by atoms with van der Waals surface area (Å²) in [5.41, 5.74) is 3.83. The Bertz CT molecular complexity index is 713. The molecule has 3 fully saturated rings. The fraction of sp³-hybridized carbons (Fsp3) is 0.550. The van der Waals surface area contributed by atoms with E-state index in [1.54, 1.807) is 0 Å². The summed E-state index contributed by atoms with van der Waals surface area (Å²) in [5.74, 6) is 0.655. The fourth-order valence-electron chi connectivity index (χ4n) is 4.13. The molecule has 132 valence electrons. The van der Waals surface area contributed by atoms with Gasteiger partial charge in [0.1, 0.15) is 0 Å². The second kappa shape index (κ2) is 6.46. The summed E-state index contributed by atoms with van der Waals surface area (Å²) in [6, 6.07) is 11.2. The molecule has 0 atom stereocenters. The zero-order chi connectivity index (χ0) is 16.6. The molecule has 1 saturated carbocycles. The lowest BCUT2D eigenvalue weighted by Gasteiger charge is -2.47.